The second-order valence-corrected chi connectivity index (χ2v) is 13.4. The van der Waals surface area contributed by atoms with E-state index in [1.165, 1.54) is 23.1 Å². The topological polar surface area (TPSA) is 99.5 Å². The normalized spacial score (nSPS) is 24.1. The lowest BCUT2D eigenvalue weighted by atomic mass is 9.68. The number of carbonyl (C=O) groups is 2. The van der Waals surface area contributed by atoms with Gasteiger partial charge in [0.05, 0.1) is 31.9 Å². The highest BCUT2D eigenvalue weighted by Gasteiger charge is 2.46. The van der Waals surface area contributed by atoms with E-state index < -0.39 is 24.1 Å². The van der Waals surface area contributed by atoms with Gasteiger partial charge in [-0.1, -0.05) is 35.9 Å². The fourth-order valence-corrected chi connectivity index (χ4v) is 7.52. The van der Waals surface area contributed by atoms with Crippen molar-refractivity contribution in [1.29, 1.82) is 0 Å². The number of esters is 1. The summed E-state index contributed by atoms with van der Waals surface area (Å²) in [5.74, 6) is -0.338. The van der Waals surface area contributed by atoms with Crippen LogP contribution >= 0.6 is 11.6 Å². The first-order valence-corrected chi connectivity index (χ1v) is 16.2. The highest BCUT2D eigenvalue weighted by atomic mass is 35.5. The van der Waals surface area contributed by atoms with Crippen LogP contribution in [0.2, 0.25) is 5.02 Å². The van der Waals surface area contributed by atoms with Crippen molar-refractivity contribution in [3.63, 3.8) is 0 Å². The number of nitrogens with zero attached hydrogens (tertiary/aromatic N) is 2. The Morgan fingerprint density at radius 3 is 2.76 bits per heavy atom. The first-order valence-electron chi connectivity index (χ1n) is 15.8. The van der Waals surface area contributed by atoms with Gasteiger partial charge in [0.2, 0.25) is 5.91 Å². The molecule has 1 aliphatic heterocycles. The number of methoxy groups -OCH3 is 1. The Bertz CT molecular complexity index is 1450. The zero-order valence-electron chi connectivity index (χ0n) is 26.3. The molecule has 1 amide bonds. The number of aryl methyl sites for hydroxylation is 1. The molecule has 0 aromatic heterocycles. The van der Waals surface area contributed by atoms with Crippen LogP contribution in [-0.4, -0.2) is 73.5 Å². The van der Waals surface area contributed by atoms with Gasteiger partial charge >= 0.3 is 5.97 Å². The van der Waals surface area contributed by atoms with Crippen molar-refractivity contribution in [2.75, 3.05) is 45.3 Å². The number of amides is 1. The average Bonchev–Trinajstić information content (AvgIpc) is 3.17. The standard InChI is InChI=1S/C36H45ClN2O6/c1-5-7-17-38(3)33(41)20-36(43,34(42)44-4)26-11-15-32-30(19-26)39(21-25-10-13-28(25)31(40)6-2)22-35(23-45-32)16-8-9-24-18-27(37)12-14-29(24)35/h5-6,11-12,14-15,18-19,25,28,31,40,43H,1-2,7-10,13,16-17,20-23H2,3-4H3/t25-,28+,31-,35-,36-/m0/s1. The third-order valence-electron chi connectivity index (χ3n) is 10.2. The van der Waals surface area contributed by atoms with E-state index >= 15 is 0 Å². The highest BCUT2D eigenvalue weighted by molar-refractivity contribution is 6.30. The lowest BCUT2D eigenvalue weighted by molar-refractivity contribution is -0.168. The summed E-state index contributed by atoms with van der Waals surface area (Å²) in [6, 6.07) is 11.3. The van der Waals surface area contributed by atoms with Gasteiger partial charge in [-0.2, -0.15) is 0 Å². The van der Waals surface area contributed by atoms with Crippen molar-refractivity contribution in [3.8, 4) is 5.75 Å². The SMILES string of the molecule is C=CCCN(C)C(=O)C[C@@](O)(C(=O)OC)c1ccc2c(c1)N(C[C@@H]1CC[C@H]1[C@@H](O)C=C)C[C@@]1(CCCc3cc(Cl)ccc31)CO2. The molecular weight excluding hydrogens is 592 g/mol. The second-order valence-electron chi connectivity index (χ2n) is 12.9. The number of carbonyl (C=O) groups excluding carboxylic acids is 2. The van der Waals surface area contributed by atoms with Crippen molar-refractivity contribution < 1.29 is 29.3 Å². The Morgan fingerprint density at radius 2 is 2.07 bits per heavy atom. The predicted molar refractivity (Wildman–Crippen MR) is 176 cm³/mol. The monoisotopic (exact) mass is 636 g/mol. The molecule has 0 bridgehead atoms. The summed E-state index contributed by atoms with van der Waals surface area (Å²) in [4.78, 5) is 30.1. The number of aliphatic hydroxyl groups excluding tert-OH is 1. The predicted octanol–water partition coefficient (Wildman–Crippen LogP) is 5.17. The largest absolute Gasteiger partial charge is 0.490 e. The molecule has 0 saturated heterocycles. The highest BCUT2D eigenvalue weighted by Crippen LogP contribution is 2.47. The molecule has 2 N–H and O–H groups in total. The van der Waals surface area contributed by atoms with E-state index in [4.69, 9.17) is 21.1 Å². The molecule has 242 valence electrons. The minimum Gasteiger partial charge on any atom is -0.490 e. The number of hydrogen-bond acceptors (Lipinski definition) is 7. The van der Waals surface area contributed by atoms with Crippen LogP contribution in [-0.2, 0) is 31.8 Å². The molecule has 8 nitrogen and oxygen atoms in total. The molecule has 3 aliphatic rings. The van der Waals surface area contributed by atoms with E-state index in [1.54, 1.807) is 37.4 Å². The number of fused-ring (bicyclic) bond motifs is 3. The molecule has 0 unspecified atom stereocenters. The van der Waals surface area contributed by atoms with Crippen LogP contribution in [0.15, 0.2) is 61.7 Å². The molecular formula is C36H45ClN2O6. The summed E-state index contributed by atoms with van der Waals surface area (Å²) in [6.45, 7) is 9.69. The summed E-state index contributed by atoms with van der Waals surface area (Å²) in [5, 5.41) is 23.2. The van der Waals surface area contributed by atoms with E-state index in [-0.39, 0.29) is 28.7 Å². The molecule has 0 radical (unpaired) electrons. The quantitative estimate of drug-likeness (QED) is 0.259. The Hall–Kier alpha value is -3.33. The fourth-order valence-electron chi connectivity index (χ4n) is 7.32. The fraction of sp³-hybridized carbons (Fsp3) is 0.500. The first-order chi connectivity index (χ1) is 21.5. The number of halogens is 1. The van der Waals surface area contributed by atoms with E-state index in [0.29, 0.717) is 43.4 Å². The van der Waals surface area contributed by atoms with Crippen molar-refractivity contribution in [2.24, 2.45) is 11.8 Å². The Labute approximate surface area is 271 Å². The summed E-state index contributed by atoms with van der Waals surface area (Å²) in [6.07, 6.45) is 7.62. The van der Waals surface area contributed by atoms with E-state index in [9.17, 15) is 19.8 Å². The van der Waals surface area contributed by atoms with Crippen LogP contribution < -0.4 is 9.64 Å². The summed E-state index contributed by atoms with van der Waals surface area (Å²) in [5.41, 5.74) is 0.939. The van der Waals surface area contributed by atoms with Crippen LogP contribution in [0, 0.1) is 11.8 Å². The number of benzene rings is 2. The minimum atomic E-state index is -2.20. The van der Waals surface area contributed by atoms with Gasteiger partial charge in [-0.25, -0.2) is 4.79 Å². The van der Waals surface area contributed by atoms with Crippen LogP contribution in [0.25, 0.3) is 0 Å². The smallest absolute Gasteiger partial charge is 0.343 e. The molecule has 45 heavy (non-hydrogen) atoms. The van der Waals surface area contributed by atoms with E-state index in [0.717, 1.165) is 37.8 Å². The van der Waals surface area contributed by atoms with Crippen molar-refractivity contribution in [1.82, 2.24) is 4.90 Å². The van der Waals surface area contributed by atoms with Crippen molar-refractivity contribution in [2.45, 2.75) is 62.1 Å². The van der Waals surface area contributed by atoms with Gasteiger partial charge in [0, 0.05) is 37.1 Å². The Morgan fingerprint density at radius 1 is 1.27 bits per heavy atom. The van der Waals surface area contributed by atoms with Gasteiger partial charge in [-0.05, 0) is 91.3 Å². The Balaban J connectivity index is 1.55. The maximum Gasteiger partial charge on any atom is 0.343 e. The molecule has 1 heterocycles. The summed E-state index contributed by atoms with van der Waals surface area (Å²) < 4.78 is 11.6. The zero-order chi connectivity index (χ0) is 32.4. The number of rotatable bonds is 11. The summed E-state index contributed by atoms with van der Waals surface area (Å²) in [7, 11) is 2.84. The number of anilines is 1. The molecule has 2 aromatic rings. The molecule has 1 fully saturated rings. The molecule has 2 aromatic carbocycles. The third kappa shape index (κ3) is 6.51. The minimum absolute atomic E-state index is 0.0995. The lowest BCUT2D eigenvalue weighted by Crippen LogP contribution is -2.49. The first kappa shape index (κ1) is 33.0. The molecule has 5 atom stereocenters. The lowest BCUT2D eigenvalue weighted by Gasteiger charge is -2.45. The molecule has 1 saturated carbocycles. The molecule has 1 spiro atoms. The van der Waals surface area contributed by atoms with Crippen LogP contribution in [0.4, 0.5) is 5.69 Å². The van der Waals surface area contributed by atoms with Crippen LogP contribution in [0.3, 0.4) is 0 Å². The molecule has 5 rings (SSSR count). The van der Waals surface area contributed by atoms with E-state index in [2.05, 4.69) is 30.2 Å². The Kier molecular flexibility index (Phi) is 9.97. The van der Waals surface area contributed by atoms with Gasteiger partial charge in [0.15, 0.2) is 5.60 Å². The van der Waals surface area contributed by atoms with Gasteiger partial charge in [0.1, 0.15) is 5.75 Å². The number of hydrogen-bond donors (Lipinski definition) is 2. The third-order valence-corrected chi connectivity index (χ3v) is 10.4. The molecule has 2 aliphatic carbocycles. The average molecular weight is 637 g/mol. The maximum atomic E-state index is 13.2. The van der Waals surface area contributed by atoms with Crippen molar-refractivity contribution >= 4 is 29.2 Å². The van der Waals surface area contributed by atoms with Gasteiger partial charge in [-0.3, -0.25) is 4.79 Å². The molecule has 9 heteroatoms. The number of ether oxygens (including phenoxy) is 2. The van der Waals surface area contributed by atoms with Gasteiger partial charge in [-0.15, -0.1) is 13.2 Å². The van der Waals surface area contributed by atoms with Crippen molar-refractivity contribution in [3.05, 3.63) is 83.4 Å². The second kappa shape index (κ2) is 13.6. The van der Waals surface area contributed by atoms with E-state index in [1.807, 2.05) is 6.07 Å². The van der Waals surface area contributed by atoms with Gasteiger partial charge < -0.3 is 29.5 Å². The van der Waals surface area contributed by atoms with Crippen LogP contribution in [0.1, 0.15) is 55.2 Å². The maximum absolute atomic E-state index is 13.2. The van der Waals surface area contributed by atoms with Crippen LogP contribution in [0.5, 0.6) is 5.75 Å². The summed E-state index contributed by atoms with van der Waals surface area (Å²) >= 11 is 6.40. The zero-order valence-corrected chi connectivity index (χ0v) is 27.1. The number of aliphatic hydroxyl groups is 2. The van der Waals surface area contributed by atoms with Gasteiger partial charge in [0.25, 0.3) is 0 Å².